The van der Waals surface area contributed by atoms with Gasteiger partial charge in [-0.05, 0) is 12.2 Å². The first-order chi connectivity index (χ1) is 3.13. The summed E-state index contributed by atoms with van der Waals surface area (Å²) in [4.78, 5) is 0. The molecular formula is C4H3F3. The van der Waals surface area contributed by atoms with Gasteiger partial charge in [-0.2, -0.15) is 8.78 Å². The van der Waals surface area contributed by atoms with Crippen LogP contribution in [0.2, 0.25) is 0 Å². The molecule has 0 fully saturated rings. The second kappa shape index (κ2) is 1.02. The number of alkyl halides is 3. The van der Waals surface area contributed by atoms with Crippen LogP contribution in [0, 0.1) is 0 Å². The van der Waals surface area contributed by atoms with Gasteiger partial charge in [0.05, 0.1) is 0 Å². The number of rotatable bonds is 0. The van der Waals surface area contributed by atoms with Crippen molar-refractivity contribution in [3.05, 3.63) is 12.2 Å². The molecule has 0 nitrogen and oxygen atoms in total. The lowest BCUT2D eigenvalue weighted by Crippen LogP contribution is -2.33. The molecule has 0 heterocycles. The lowest BCUT2D eigenvalue weighted by molar-refractivity contribution is -0.0277. The van der Waals surface area contributed by atoms with Crippen molar-refractivity contribution in [1.82, 2.24) is 0 Å². The molecule has 0 N–H and O–H groups in total. The average molecular weight is 108 g/mol. The predicted octanol–water partition coefficient (Wildman–Crippen LogP) is 1.53. The first-order valence-electron chi connectivity index (χ1n) is 1.84. The normalized spacial score (nSPS) is 35.0. The molecule has 7 heavy (non-hydrogen) atoms. The third-order valence-electron chi connectivity index (χ3n) is 0.855. The maximum absolute atomic E-state index is 11.5. The second-order valence-corrected chi connectivity index (χ2v) is 1.44. The van der Waals surface area contributed by atoms with Gasteiger partial charge in [0.15, 0.2) is 6.17 Å². The molecule has 3 heteroatoms. The quantitative estimate of drug-likeness (QED) is 0.413. The highest BCUT2D eigenvalue weighted by Crippen LogP contribution is 2.31. The summed E-state index contributed by atoms with van der Waals surface area (Å²) in [5.41, 5.74) is 0. The Morgan fingerprint density at radius 2 is 1.86 bits per heavy atom. The van der Waals surface area contributed by atoms with Crippen molar-refractivity contribution in [3.63, 3.8) is 0 Å². The standard InChI is InChI=1S/C4H3F3/c5-3-1-2-4(3,6)7/h1-3H. The van der Waals surface area contributed by atoms with E-state index in [-0.39, 0.29) is 0 Å². The number of halogens is 3. The van der Waals surface area contributed by atoms with Crippen LogP contribution in [0.3, 0.4) is 0 Å². The summed E-state index contributed by atoms with van der Waals surface area (Å²) in [5, 5.41) is 0. The van der Waals surface area contributed by atoms with Gasteiger partial charge in [0.2, 0.25) is 0 Å². The molecule has 1 aliphatic rings. The minimum Gasteiger partial charge on any atom is -0.236 e. The van der Waals surface area contributed by atoms with Crippen LogP contribution in [0.4, 0.5) is 13.2 Å². The topological polar surface area (TPSA) is 0 Å². The molecule has 1 unspecified atom stereocenters. The molecule has 0 aromatic carbocycles. The van der Waals surface area contributed by atoms with Gasteiger partial charge in [-0.1, -0.05) is 0 Å². The van der Waals surface area contributed by atoms with Crippen LogP contribution in [0.1, 0.15) is 0 Å². The van der Waals surface area contributed by atoms with Crippen LogP contribution in [0.25, 0.3) is 0 Å². The molecule has 0 aromatic rings. The van der Waals surface area contributed by atoms with E-state index in [1.807, 2.05) is 0 Å². The molecule has 0 amide bonds. The Morgan fingerprint density at radius 3 is 1.86 bits per heavy atom. The summed E-state index contributed by atoms with van der Waals surface area (Å²) in [6.07, 6.45) is -0.648. The number of hydrogen-bond acceptors (Lipinski definition) is 0. The lowest BCUT2D eigenvalue weighted by Gasteiger charge is -2.20. The molecule has 1 aliphatic carbocycles. The minimum absolute atomic E-state index is 0.553. The van der Waals surface area contributed by atoms with Gasteiger partial charge in [-0.15, -0.1) is 0 Å². The van der Waals surface area contributed by atoms with Crippen molar-refractivity contribution in [2.75, 3.05) is 0 Å². The van der Waals surface area contributed by atoms with Gasteiger partial charge in [0.25, 0.3) is 0 Å². The van der Waals surface area contributed by atoms with E-state index in [0.29, 0.717) is 6.08 Å². The highest BCUT2D eigenvalue weighted by atomic mass is 19.3. The van der Waals surface area contributed by atoms with Crippen LogP contribution in [-0.4, -0.2) is 12.1 Å². The summed E-state index contributed by atoms with van der Waals surface area (Å²) in [6.45, 7) is 0. The first-order valence-corrected chi connectivity index (χ1v) is 1.84. The van der Waals surface area contributed by atoms with Gasteiger partial charge < -0.3 is 0 Å². The van der Waals surface area contributed by atoms with Gasteiger partial charge in [0, 0.05) is 0 Å². The van der Waals surface area contributed by atoms with Crippen LogP contribution < -0.4 is 0 Å². The van der Waals surface area contributed by atoms with E-state index in [4.69, 9.17) is 0 Å². The molecular weight excluding hydrogens is 105 g/mol. The highest BCUT2D eigenvalue weighted by Gasteiger charge is 2.42. The number of hydrogen-bond donors (Lipinski definition) is 0. The van der Waals surface area contributed by atoms with Crippen molar-refractivity contribution < 1.29 is 13.2 Å². The molecule has 1 atom stereocenters. The molecule has 0 saturated heterocycles. The summed E-state index contributed by atoms with van der Waals surface area (Å²) in [7, 11) is 0. The van der Waals surface area contributed by atoms with Crippen molar-refractivity contribution >= 4 is 0 Å². The van der Waals surface area contributed by atoms with Crippen molar-refractivity contribution in [1.29, 1.82) is 0 Å². The van der Waals surface area contributed by atoms with Gasteiger partial charge in [-0.3, -0.25) is 0 Å². The zero-order valence-corrected chi connectivity index (χ0v) is 3.37. The van der Waals surface area contributed by atoms with E-state index >= 15 is 0 Å². The van der Waals surface area contributed by atoms with Gasteiger partial charge in [-0.25, -0.2) is 4.39 Å². The van der Waals surface area contributed by atoms with Crippen LogP contribution in [0.15, 0.2) is 12.2 Å². The zero-order valence-electron chi connectivity index (χ0n) is 3.37. The fraction of sp³-hybridized carbons (Fsp3) is 0.500. The van der Waals surface area contributed by atoms with Crippen molar-refractivity contribution in [3.8, 4) is 0 Å². The third-order valence-corrected chi connectivity index (χ3v) is 0.855. The Morgan fingerprint density at radius 1 is 1.43 bits per heavy atom. The number of allylic oxidation sites excluding steroid dienone is 2. The monoisotopic (exact) mass is 108 g/mol. The van der Waals surface area contributed by atoms with Crippen LogP contribution in [0.5, 0.6) is 0 Å². The van der Waals surface area contributed by atoms with Gasteiger partial charge in [0.1, 0.15) is 0 Å². The van der Waals surface area contributed by atoms with E-state index in [2.05, 4.69) is 0 Å². The summed E-state index contributed by atoms with van der Waals surface area (Å²) in [5.74, 6) is -3.17. The van der Waals surface area contributed by atoms with Crippen molar-refractivity contribution in [2.45, 2.75) is 12.1 Å². The van der Waals surface area contributed by atoms with E-state index in [9.17, 15) is 13.2 Å². The van der Waals surface area contributed by atoms with E-state index in [0.717, 1.165) is 6.08 Å². The molecule has 0 bridgehead atoms. The summed E-state index contributed by atoms with van der Waals surface area (Å²) >= 11 is 0. The maximum Gasteiger partial charge on any atom is 0.300 e. The molecule has 0 aromatic heterocycles. The maximum atomic E-state index is 11.5. The molecule has 0 spiro atoms. The Kier molecular flexibility index (Phi) is 0.685. The zero-order chi connectivity index (χ0) is 5.49. The molecule has 40 valence electrons. The SMILES string of the molecule is FC1C=CC1(F)F. The Labute approximate surface area is 38.6 Å². The largest absolute Gasteiger partial charge is 0.300 e. The Bertz CT molecular complexity index is 106. The fourth-order valence-electron chi connectivity index (χ4n) is 0.314. The Balaban J connectivity index is 2.64. The van der Waals surface area contributed by atoms with Crippen molar-refractivity contribution in [2.24, 2.45) is 0 Å². The van der Waals surface area contributed by atoms with E-state index < -0.39 is 12.1 Å². The van der Waals surface area contributed by atoms with Crippen LogP contribution in [-0.2, 0) is 0 Å². The molecule has 0 saturated carbocycles. The fourth-order valence-corrected chi connectivity index (χ4v) is 0.314. The first kappa shape index (κ1) is 4.68. The lowest BCUT2D eigenvalue weighted by atomic mass is 10.0. The molecule has 1 rings (SSSR count). The van der Waals surface area contributed by atoms with Crippen LogP contribution >= 0.6 is 0 Å². The predicted molar refractivity (Wildman–Crippen MR) is 19.0 cm³/mol. The average Bonchev–Trinajstić information content (AvgIpc) is 1.63. The highest BCUT2D eigenvalue weighted by molar-refractivity contribution is 5.17. The molecule has 0 aliphatic heterocycles. The van der Waals surface area contributed by atoms with E-state index in [1.165, 1.54) is 0 Å². The Hall–Kier alpha value is -0.470. The minimum atomic E-state index is -3.17. The third kappa shape index (κ3) is 0.518. The summed E-state index contributed by atoms with van der Waals surface area (Å²) < 4.78 is 34.4. The van der Waals surface area contributed by atoms with Gasteiger partial charge >= 0.3 is 5.92 Å². The molecule has 0 radical (unpaired) electrons. The second-order valence-electron chi connectivity index (χ2n) is 1.44. The van der Waals surface area contributed by atoms with E-state index in [1.54, 1.807) is 0 Å². The summed E-state index contributed by atoms with van der Waals surface area (Å²) in [6, 6.07) is 0. The smallest absolute Gasteiger partial charge is 0.236 e.